The van der Waals surface area contributed by atoms with Crippen molar-refractivity contribution in [2.75, 3.05) is 0 Å². The molecule has 2 unspecified atom stereocenters. The molecular weight excluding hydrogens is 196 g/mol. The van der Waals surface area contributed by atoms with Crippen LogP contribution in [0.4, 0.5) is 0 Å². The molecule has 0 amide bonds. The summed E-state index contributed by atoms with van der Waals surface area (Å²) in [6.07, 6.45) is 12.0. The highest BCUT2D eigenvalue weighted by molar-refractivity contribution is 5.71. The number of rotatable bonds is 5. The van der Waals surface area contributed by atoms with Gasteiger partial charge in [0.2, 0.25) is 0 Å². The highest BCUT2D eigenvalue weighted by Gasteiger charge is 2.16. The van der Waals surface area contributed by atoms with E-state index < -0.39 is 0 Å². The maximum Gasteiger partial charge on any atom is 0.145 e. The Labute approximate surface area is 98.9 Å². The maximum atomic E-state index is 10.4. The van der Waals surface area contributed by atoms with Crippen molar-refractivity contribution in [3.05, 3.63) is 36.0 Å². The minimum Gasteiger partial charge on any atom is -0.298 e. The summed E-state index contributed by atoms with van der Waals surface area (Å²) in [5, 5.41) is 0. The molecule has 0 aromatic heterocycles. The van der Waals surface area contributed by atoms with Crippen LogP contribution in [0.25, 0.3) is 0 Å². The van der Waals surface area contributed by atoms with Crippen LogP contribution in [0.15, 0.2) is 36.0 Å². The van der Waals surface area contributed by atoms with E-state index in [1.54, 1.807) is 0 Å². The Kier molecular flexibility index (Phi) is 5.24. The molecule has 0 N–H and O–H groups in total. The van der Waals surface area contributed by atoms with E-state index in [0.29, 0.717) is 11.8 Å². The molecule has 1 aliphatic rings. The largest absolute Gasteiger partial charge is 0.298 e. The molecular formula is C15H22O. The van der Waals surface area contributed by atoms with Gasteiger partial charge in [0.15, 0.2) is 0 Å². The average molecular weight is 218 g/mol. The zero-order valence-corrected chi connectivity index (χ0v) is 10.4. The van der Waals surface area contributed by atoms with E-state index in [9.17, 15) is 4.79 Å². The fraction of sp³-hybridized carbons (Fsp3) is 0.533. The number of allylic oxidation sites excluding steroid dienone is 5. The molecule has 0 radical (unpaired) electrons. The first-order chi connectivity index (χ1) is 7.63. The number of hydrogen-bond acceptors (Lipinski definition) is 1. The fourth-order valence-electron chi connectivity index (χ4n) is 2.10. The third kappa shape index (κ3) is 4.18. The third-order valence-electron chi connectivity index (χ3n) is 3.38. The lowest BCUT2D eigenvalue weighted by Gasteiger charge is -2.23. The molecule has 16 heavy (non-hydrogen) atoms. The molecule has 1 nitrogen and oxygen atoms in total. The van der Waals surface area contributed by atoms with Crippen LogP contribution in [0.3, 0.4) is 0 Å². The first kappa shape index (κ1) is 13.0. The molecule has 0 heterocycles. The molecule has 1 rings (SSSR count). The molecule has 0 saturated carbocycles. The molecule has 1 aliphatic carbocycles. The van der Waals surface area contributed by atoms with Crippen molar-refractivity contribution in [2.45, 2.75) is 39.5 Å². The molecule has 0 fully saturated rings. The molecule has 2 atom stereocenters. The summed E-state index contributed by atoms with van der Waals surface area (Å²) < 4.78 is 0. The Morgan fingerprint density at radius 1 is 1.69 bits per heavy atom. The van der Waals surface area contributed by atoms with Crippen LogP contribution in [-0.2, 0) is 4.79 Å². The zero-order chi connectivity index (χ0) is 12.0. The van der Waals surface area contributed by atoms with Gasteiger partial charge in [0.05, 0.1) is 0 Å². The molecule has 1 heteroatoms. The van der Waals surface area contributed by atoms with Gasteiger partial charge in [-0.15, -0.1) is 0 Å². The predicted molar refractivity (Wildman–Crippen MR) is 69.2 cm³/mol. The smallest absolute Gasteiger partial charge is 0.145 e. The Bertz CT molecular complexity index is 309. The number of carbonyl (C=O) groups excluding carboxylic acids is 1. The van der Waals surface area contributed by atoms with Crippen LogP contribution < -0.4 is 0 Å². The van der Waals surface area contributed by atoms with Gasteiger partial charge < -0.3 is 0 Å². The summed E-state index contributed by atoms with van der Waals surface area (Å²) in [5.74, 6) is 1.38. The number of hydrogen-bond donors (Lipinski definition) is 0. The van der Waals surface area contributed by atoms with Crippen LogP contribution in [0.5, 0.6) is 0 Å². The molecule has 0 aromatic carbocycles. The summed E-state index contributed by atoms with van der Waals surface area (Å²) in [7, 11) is 0. The van der Waals surface area contributed by atoms with Gasteiger partial charge in [-0.25, -0.2) is 0 Å². The van der Waals surface area contributed by atoms with E-state index in [0.717, 1.165) is 31.1 Å². The van der Waals surface area contributed by atoms with Crippen molar-refractivity contribution in [3.8, 4) is 0 Å². The van der Waals surface area contributed by atoms with E-state index in [1.165, 1.54) is 12.0 Å². The van der Waals surface area contributed by atoms with Crippen molar-refractivity contribution < 1.29 is 4.79 Å². The van der Waals surface area contributed by atoms with Crippen LogP contribution in [0.2, 0.25) is 0 Å². The standard InChI is InChI=1S/C15H22O/c1-12-7-9-15(10-8-12)14(3)6-4-5-13(2)11-16/h5,7,9,11,14-15H,1,4,6,8,10H2,2-3H3/b13-5+. The Morgan fingerprint density at radius 2 is 2.44 bits per heavy atom. The second-order valence-corrected chi connectivity index (χ2v) is 4.84. The normalized spacial score (nSPS) is 23.2. The molecule has 0 aliphatic heterocycles. The fourth-order valence-corrected chi connectivity index (χ4v) is 2.10. The minimum atomic E-state index is 0.690. The summed E-state index contributed by atoms with van der Waals surface area (Å²) in [6.45, 7) is 8.13. The monoisotopic (exact) mass is 218 g/mol. The Morgan fingerprint density at radius 3 is 3.00 bits per heavy atom. The van der Waals surface area contributed by atoms with Gasteiger partial charge in [0.25, 0.3) is 0 Å². The first-order valence-corrected chi connectivity index (χ1v) is 6.11. The minimum absolute atomic E-state index is 0.690. The van der Waals surface area contributed by atoms with Gasteiger partial charge in [-0.2, -0.15) is 0 Å². The lowest BCUT2D eigenvalue weighted by molar-refractivity contribution is -0.104. The summed E-state index contributed by atoms with van der Waals surface area (Å²) in [5.41, 5.74) is 2.10. The third-order valence-corrected chi connectivity index (χ3v) is 3.38. The first-order valence-electron chi connectivity index (χ1n) is 6.11. The van der Waals surface area contributed by atoms with E-state index in [1.807, 2.05) is 13.0 Å². The van der Waals surface area contributed by atoms with Crippen LogP contribution in [0.1, 0.15) is 39.5 Å². The zero-order valence-electron chi connectivity index (χ0n) is 10.4. The van der Waals surface area contributed by atoms with E-state index in [2.05, 4.69) is 25.7 Å². The van der Waals surface area contributed by atoms with Gasteiger partial charge >= 0.3 is 0 Å². The van der Waals surface area contributed by atoms with Crippen molar-refractivity contribution in [1.82, 2.24) is 0 Å². The van der Waals surface area contributed by atoms with Crippen LogP contribution >= 0.6 is 0 Å². The quantitative estimate of drug-likeness (QED) is 0.502. The lowest BCUT2D eigenvalue weighted by atomic mass is 9.82. The van der Waals surface area contributed by atoms with Gasteiger partial charge in [-0.3, -0.25) is 4.79 Å². The number of carbonyl (C=O) groups is 1. The SMILES string of the molecule is C=C1C=CC(C(C)CC/C=C(\C)C=O)CC1. The number of aldehydes is 1. The van der Waals surface area contributed by atoms with E-state index >= 15 is 0 Å². The summed E-state index contributed by atoms with van der Waals surface area (Å²) >= 11 is 0. The molecule has 0 bridgehead atoms. The molecule has 0 aromatic rings. The summed E-state index contributed by atoms with van der Waals surface area (Å²) in [4.78, 5) is 10.4. The molecule has 0 spiro atoms. The second-order valence-electron chi connectivity index (χ2n) is 4.84. The average Bonchev–Trinajstić information content (AvgIpc) is 2.29. The van der Waals surface area contributed by atoms with Crippen molar-refractivity contribution in [1.29, 1.82) is 0 Å². The van der Waals surface area contributed by atoms with Gasteiger partial charge in [0, 0.05) is 0 Å². The lowest BCUT2D eigenvalue weighted by Crippen LogP contribution is -2.12. The maximum absolute atomic E-state index is 10.4. The van der Waals surface area contributed by atoms with Crippen molar-refractivity contribution in [2.24, 2.45) is 11.8 Å². The van der Waals surface area contributed by atoms with Crippen LogP contribution in [-0.4, -0.2) is 6.29 Å². The second kappa shape index (κ2) is 6.47. The van der Waals surface area contributed by atoms with Gasteiger partial charge in [-0.1, -0.05) is 37.3 Å². The highest BCUT2D eigenvalue weighted by atomic mass is 16.1. The highest BCUT2D eigenvalue weighted by Crippen LogP contribution is 2.29. The molecule has 0 saturated heterocycles. The van der Waals surface area contributed by atoms with Crippen molar-refractivity contribution >= 4 is 6.29 Å². The van der Waals surface area contributed by atoms with Gasteiger partial charge in [-0.05, 0) is 50.0 Å². The van der Waals surface area contributed by atoms with Gasteiger partial charge in [0.1, 0.15) is 6.29 Å². The summed E-state index contributed by atoms with van der Waals surface area (Å²) in [6, 6.07) is 0. The Balaban J connectivity index is 2.35. The van der Waals surface area contributed by atoms with Crippen molar-refractivity contribution in [3.63, 3.8) is 0 Å². The topological polar surface area (TPSA) is 17.1 Å². The molecule has 88 valence electrons. The van der Waals surface area contributed by atoms with Crippen LogP contribution in [0, 0.1) is 11.8 Å². The van der Waals surface area contributed by atoms with E-state index in [-0.39, 0.29) is 0 Å². The predicted octanol–water partition coefficient (Wildman–Crippen LogP) is 4.07. The Hall–Kier alpha value is -1.11. The van der Waals surface area contributed by atoms with E-state index in [4.69, 9.17) is 0 Å².